The molecule has 35 heavy (non-hydrogen) atoms. The Bertz CT molecular complexity index is 1380. The van der Waals surface area contributed by atoms with E-state index in [1.165, 1.54) is 0 Å². The summed E-state index contributed by atoms with van der Waals surface area (Å²) in [5, 5.41) is 9.65. The van der Waals surface area contributed by atoms with Crippen molar-refractivity contribution in [2.75, 3.05) is 10.6 Å². The minimum atomic E-state index is -0.328. The number of nitrogens with one attached hydrogen (secondary N) is 3. The molecule has 1 heterocycles. The second-order valence-corrected chi connectivity index (χ2v) is 9.78. The molecule has 7 heteroatoms. The maximum absolute atomic E-state index is 12.6. The highest BCUT2D eigenvalue weighted by Crippen LogP contribution is 2.24. The number of carbonyl (C=O) groups excluding carboxylic acids is 2. The smallest absolute Gasteiger partial charge is 0.291 e. The largest absolute Gasteiger partial charge is 0.451 e. The van der Waals surface area contributed by atoms with Crippen LogP contribution in [0.15, 0.2) is 77.2 Å². The molecule has 178 valence electrons. The van der Waals surface area contributed by atoms with Crippen LogP contribution < -0.4 is 16.0 Å². The van der Waals surface area contributed by atoms with Gasteiger partial charge in [-0.2, -0.15) is 0 Å². The summed E-state index contributed by atoms with van der Waals surface area (Å²) in [5.74, 6) is -0.369. The van der Waals surface area contributed by atoms with Gasteiger partial charge < -0.3 is 15.1 Å². The standard InChI is InChI=1S/C28H27N3O3S/c1-17-15-21(29-27(35)31-25(32)18-9-11-20(12-10-18)28(2,3)4)13-14-22(17)30-26(33)24-16-19-7-5-6-8-23(19)34-24/h5-16H,1-4H3,(H,30,33)(H2,29,31,32,35). The van der Waals surface area contributed by atoms with Gasteiger partial charge >= 0.3 is 0 Å². The zero-order chi connectivity index (χ0) is 25.2. The number of benzene rings is 3. The van der Waals surface area contributed by atoms with Gasteiger partial charge in [0, 0.05) is 22.3 Å². The monoisotopic (exact) mass is 485 g/mol. The van der Waals surface area contributed by atoms with Crippen LogP contribution in [0.25, 0.3) is 11.0 Å². The van der Waals surface area contributed by atoms with Crippen LogP contribution in [-0.4, -0.2) is 16.9 Å². The zero-order valence-electron chi connectivity index (χ0n) is 20.1. The van der Waals surface area contributed by atoms with Gasteiger partial charge in [-0.05, 0) is 78.1 Å². The predicted octanol–water partition coefficient (Wildman–Crippen LogP) is 6.42. The van der Waals surface area contributed by atoms with E-state index in [0.29, 0.717) is 22.5 Å². The molecule has 4 rings (SSSR count). The molecule has 2 amide bonds. The van der Waals surface area contributed by atoms with Crippen molar-refractivity contribution in [2.24, 2.45) is 0 Å². The van der Waals surface area contributed by atoms with Crippen LogP contribution in [-0.2, 0) is 5.41 Å². The number of fused-ring (bicyclic) bond motifs is 1. The van der Waals surface area contributed by atoms with Gasteiger partial charge in [-0.15, -0.1) is 0 Å². The first-order valence-corrected chi connectivity index (χ1v) is 11.6. The number of amides is 2. The topological polar surface area (TPSA) is 83.4 Å². The Morgan fingerprint density at radius 2 is 1.57 bits per heavy atom. The SMILES string of the molecule is Cc1cc(NC(=S)NC(=O)c2ccc(C(C)(C)C)cc2)ccc1NC(=O)c1cc2ccccc2o1. The highest BCUT2D eigenvalue weighted by atomic mass is 32.1. The van der Waals surface area contributed by atoms with Gasteiger partial charge in [-0.25, -0.2) is 0 Å². The number of hydrogen-bond acceptors (Lipinski definition) is 4. The Morgan fingerprint density at radius 1 is 0.857 bits per heavy atom. The summed E-state index contributed by atoms with van der Waals surface area (Å²) in [4.78, 5) is 25.2. The van der Waals surface area contributed by atoms with E-state index >= 15 is 0 Å². The number of para-hydroxylation sites is 1. The number of hydrogen-bond donors (Lipinski definition) is 3. The number of rotatable bonds is 4. The van der Waals surface area contributed by atoms with E-state index < -0.39 is 0 Å². The molecular formula is C28H27N3O3S. The Balaban J connectivity index is 1.37. The summed E-state index contributed by atoms with van der Waals surface area (Å²) in [6, 6.07) is 22.1. The number of carbonyl (C=O) groups is 2. The van der Waals surface area contributed by atoms with E-state index in [1.807, 2.05) is 49.4 Å². The minimum Gasteiger partial charge on any atom is -0.451 e. The maximum Gasteiger partial charge on any atom is 0.291 e. The summed E-state index contributed by atoms with van der Waals surface area (Å²) in [6.45, 7) is 8.24. The second kappa shape index (κ2) is 9.72. The van der Waals surface area contributed by atoms with Gasteiger partial charge in [-0.1, -0.05) is 51.1 Å². The lowest BCUT2D eigenvalue weighted by atomic mass is 9.87. The van der Waals surface area contributed by atoms with Crippen molar-refractivity contribution < 1.29 is 14.0 Å². The van der Waals surface area contributed by atoms with Crippen molar-refractivity contribution in [3.05, 3.63) is 95.2 Å². The molecule has 0 spiro atoms. The third kappa shape index (κ3) is 5.75. The molecule has 6 nitrogen and oxygen atoms in total. The van der Waals surface area contributed by atoms with E-state index in [9.17, 15) is 9.59 Å². The molecule has 0 unspecified atom stereocenters. The molecule has 0 bridgehead atoms. The summed E-state index contributed by atoms with van der Waals surface area (Å²) >= 11 is 5.31. The van der Waals surface area contributed by atoms with Gasteiger partial charge in [0.25, 0.3) is 11.8 Å². The van der Waals surface area contributed by atoms with Crippen LogP contribution in [0.2, 0.25) is 0 Å². The molecule has 0 saturated heterocycles. The highest BCUT2D eigenvalue weighted by Gasteiger charge is 2.16. The van der Waals surface area contributed by atoms with Gasteiger partial charge in [-0.3, -0.25) is 14.9 Å². The molecule has 0 aliphatic rings. The molecule has 4 aromatic rings. The van der Waals surface area contributed by atoms with Crippen molar-refractivity contribution in [3.8, 4) is 0 Å². The lowest BCUT2D eigenvalue weighted by Crippen LogP contribution is -2.34. The molecule has 0 fully saturated rings. The Kier molecular flexibility index (Phi) is 6.71. The van der Waals surface area contributed by atoms with Crippen LogP contribution in [0.5, 0.6) is 0 Å². The average molecular weight is 486 g/mol. The molecule has 0 aliphatic carbocycles. The Labute approximate surface area is 209 Å². The van der Waals surface area contributed by atoms with Crippen molar-refractivity contribution in [2.45, 2.75) is 33.1 Å². The molecule has 0 radical (unpaired) electrons. The first kappa shape index (κ1) is 24.2. The molecule has 3 aromatic carbocycles. The lowest BCUT2D eigenvalue weighted by molar-refractivity contribution is 0.0975. The second-order valence-electron chi connectivity index (χ2n) is 9.37. The van der Waals surface area contributed by atoms with Crippen LogP contribution in [0.4, 0.5) is 11.4 Å². The Morgan fingerprint density at radius 3 is 2.23 bits per heavy atom. The average Bonchev–Trinajstić information content (AvgIpc) is 3.25. The quantitative estimate of drug-likeness (QED) is 0.291. The van der Waals surface area contributed by atoms with Gasteiger partial charge in [0.15, 0.2) is 10.9 Å². The van der Waals surface area contributed by atoms with Crippen LogP contribution in [0.3, 0.4) is 0 Å². The zero-order valence-corrected chi connectivity index (χ0v) is 20.9. The van der Waals surface area contributed by atoms with Crippen LogP contribution in [0.1, 0.15) is 52.8 Å². The maximum atomic E-state index is 12.6. The van der Waals surface area contributed by atoms with E-state index in [1.54, 1.807) is 30.3 Å². The highest BCUT2D eigenvalue weighted by molar-refractivity contribution is 7.80. The molecule has 0 atom stereocenters. The first-order valence-electron chi connectivity index (χ1n) is 11.2. The summed E-state index contributed by atoms with van der Waals surface area (Å²) in [5.41, 5.74) is 4.52. The van der Waals surface area contributed by atoms with Crippen molar-refractivity contribution in [1.82, 2.24) is 5.32 Å². The summed E-state index contributed by atoms with van der Waals surface area (Å²) in [6.07, 6.45) is 0. The van der Waals surface area contributed by atoms with E-state index in [4.69, 9.17) is 16.6 Å². The molecule has 3 N–H and O–H groups in total. The molecule has 1 aromatic heterocycles. The fourth-order valence-electron chi connectivity index (χ4n) is 3.62. The minimum absolute atomic E-state index is 0.0153. The third-order valence-corrected chi connectivity index (χ3v) is 5.83. The molecule has 0 aliphatic heterocycles. The number of furan rings is 1. The normalized spacial score (nSPS) is 11.2. The fourth-order valence-corrected chi connectivity index (χ4v) is 3.83. The van der Waals surface area contributed by atoms with Gasteiger partial charge in [0.05, 0.1) is 0 Å². The van der Waals surface area contributed by atoms with Crippen LogP contribution >= 0.6 is 12.2 Å². The van der Waals surface area contributed by atoms with E-state index in [0.717, 1.165) is 16.5 Å². The Hall–Kier alpha value is -3.97. The molecule has 0 saturated carbocycles. The number of aryl methyl sites for hydroxylation is 1. The fraction of sp³-hybridized carbons (Fsp3) is 0.179. The summed E-state index contributed by atoms with van der Waals surface area (Å²) < 4.78 is 5.63. The third-order valence-electron chi connectivity index (χ3n) is 5.62. The van der Waals surface area contributed by atoms with Gasteiger partial charge in [0.2, 0.25) is 0 Å². The van der Waals surface area contributed by atoms with Crippen molar-refractivity contribution >= 4 is 51.5 Å². The lowest BCUT2D eigenvalue weighted by Gasteiger charge is -2.19. The predicted molar refractivity (Wildman–Crippen MR) is 144 cm³/mol. The van der Waals surface area contributed by atoms with E-state index in [2.05, 4.69) is 36.7 Å². The summed E-state index contributed by atoms with van der Waals surface area (Å²) in [7, 11) is 0. The van der Waals surface area contributed by atoms with Gasteiger partial charge in [0.1, 0.15) is 5.58 Å². The molecular weight excluding hydrogens is 458 g/mol. The van der Waals surface area contributed by atoms with E-state index in [-0.39, 0.29) is 28.1 Å². The number of thiocarbonyl (C=S) groups is 1. The first-order chi connectivity index (χ1) is 16.6. The van der Waals surface area contributed by atoms with Crippen LogP contribution in [0, 0.1) is 6.92 Å². The number of anilines is 2. The van der Waals surface area contributed by atoms with Crippen molar-refractivity contribution in [1.29, 1.82) is 0 Å². The van der Waals surface area contributed by atoms with Crippen molar-refractivity contribution in [3.63, 3.8) is 0 Å².